The van der Waals surface area contributed by atoms with Crippen LogP contribution in [0.4, 0.5) is 0 Å². The van der Waals surface area contributed by atoms with Crippen molar-refractivity contribution in [1.82, 2.24) is 4.98 Å². The average molecular weight is 210 g/mol. The van der Waals surface area contributed by atoms with E-state index in [1.165, 1.54) is 6.26 Å². The van der Waals surface area contributed by atoms with Gasteiger partial charge in [0.05, 0.1) is 18.2 Å². The minimum absolute atomic E-state index is 0.280. The smallest absolute Gasteiger partial charge is 0.218 e. The summed E-state index contributed by atoms with van der Waals surface area (Å²) in [4.78, 5) is 4.14. The molecule has 0 spiro atoms. The molecule has 0 radical (unpaired) electrons. The number of benzene rings is 1. The van der Waals surface area contributed by atoms with Crippen LogP contribution in [0, 0.1) is 11.3 Å². The van der Waals surface area contributed by atoms with E-state index in [1.54, 1.807) is 6.08 Å². The Hall–Kier alpha value is -2.34. The number of nitriles is 1. The van der Waals surface area contributed by atoms with Crippen molar-refractivity contribution in [1.29, 1.82) is 5.26 Å². The van der Waals surface area contributed by atoms with Crippen LogP contribution in [0.25, 0.3) is 12.2 Å². The quantitative estimate of drug-likeness (QED) is 0.782. The average Bonchev–Trinajstić information content (AvgIpc) is 2.76. The molecule has 0 bridgehead atoms. The molecule has 1 heterocycles. The second kappa shape index (κ2) is 4.94. The largest absolute Gasteiger partial charge is 0.445 e. The first kappa shape index (κ1) is 10.2. The number of hydrogen-bond acceptors (Lipinski definition) is 3. The van der Waals surface area contributed by atoms with Gasteiger partial charge in [0.1, 0.15) is 6.26 Å². The van der Waals surface area contributed by atoms with E-state index in [4.69, 9.17) is 9.68 Å². The van der Waals surface area contributed by atoms with Crippen LogP contribution in [-0.2, 0) is 6.42 Å². The number of nitrogens with zero attached hydrogens (tertiary/aromatic N) is 2. The Bertz CT molecular complexity index is 520. The molecule has 78 valence electrons. The number of aromatic nitrogens is 1. The van der Waals surface area contributed by atoms with Crippen molar-refractivity contribution in [3.05, 3.63) is 53.7 Å². The van der Waals surface area contributed by atoms with E-state index >= 15 is 0 Å². The van der Waals surface area contributed by atoms with E-state index in [9.17, 15) is 0 Å². The van der Waals surface area contributed by atoms with Crippen LogP contribution in [0.1, 0.15) is 17.1 Å². The van der Waals surface area contributed by atoms with Crippen LogP contribution >= 0.6 is 0 Å². The van der Waals surface area contributed by atoms with E-state index in [1.807, 2.05) is 42.5 Å². The molecule has 0 aliphatic carbocycles. The Kier molecular flexibility index (Phi) is 3.15. The highest BCUT2D eigenvalue weighted by molar-refractivity contribution is 5.65. The summed E-state index contributed by atoms with van der Waals surface area (Å²) < 4.78 is 5.19. The summed E-state index contributed by atoms with van der Waals surface area (Å²) in [5.74, 6) is 0.522. The standard InChI is InChI=1S/C13H10N2O/c14-9-8-12-10-16-13(15-12)7-6-11-4-2-1-3-5-11/h1-7,10H,8H2. The lowest BCUT2D eigenvalue weighted by Gasteiger charge is -1.88. The molecule has 1 aromatic carbocycles. The number of oxazole rings is 1. The van der Waals surface area contributed by atoms with Crippen LogP contribution in [0.5, 0.6) is 0 Å². The Morgan fingerprint density at radius 2 is 2.06 bits per heavy atom. The molecule has 3 heteroatoms. The summed E-state index contributed by atoms with van der Waals surface area (Å²) >= 11 is 0. The summed E-state index contributed by atoms with van der Waals surface area (Å²) in [6.07, 6.45) is 5.49. The van der Waals surface area contributed by atoms with Gasteiger partial charge in [0.2, 0.25) is 5.89 Å². The fourth-order valence-corrected chi connectivity index (χ4v) is 1.29. The highest BCUT2D eigenvalue weighted by atomic mass is 16.3. The van der Waals surface area contributed by atoms with Crippen molar-refractivity contribution in [3.63, 3.8) is 0 Å². The van der Waals surface area contributed by atoms with E-state index in [2.05, 4.69) is 4.98 Å². The van der Waals surface area contributed by atoms with Crippen LogP contribution in [0.15, 0.2) is 41.0 Å². The van der Waals surface area contributed by atoms with Gasteiger partial charge in [-0.25, -0.2) is 4.98 Å². The first-order valence-electron chi connectivity index (χ1n) is 4.93. The van der Waals surface area contributed by atoms with Crippen molar-refractivity contribution in [2.45, 2.75) is 6.42 Å². The number of rotatable bonds is 3. The zero-order valence-electron chi connectivity index (χ0n) is 8.63. The van der Waals surface area contributed by atoms with Crippen LogP contribution in [0.2, 0.25) is 0 Å². The van der Waals surface area contributed by atoms with Gasteiger partial charge in [-0.15, -0.1) is 0 Å². The molecule has 0 atom stereocenters. The fourth-order valence-electron chi connectivity index (χ4n) is 1.29. The molecular weight excluding hydrogens is 200 g/mol. The molecule has 0 saturated heterocycles. The lowest BCUT2D eigenvalue weighted by molar-refractivity contribution is 0.546. The maximum atomic E-state index is 8.49. The van der Waals surface area contributed by atoms with Crippen LogP contribution in [0.3, 0.4) is 0 Å². The fraction of sp³-hybridized carbons (Fsp3) is 0.0769. The zero-order chi connectivity index (χ0) is 11.2. The lowest BCUT2D eigenvalue weighted by Crippen LogP contribution is -1.80. The summed E-state index contributed by atoms with van der Waals surface area (Å²) in [5.41, 5.74) is 1.75. The van der Waals surface area contributed by atoms with E-state index < -0.39 is 0 Å². The summed E-state index contributed by atoms with van der Waals surface area (Å²) in [6, 6.07) is 11.9. The van der Waals surface area contributed by atoms with Gasteiger partial charge in [-0.05, 0) is 11.6 Å². The maximum absolute atomic E-state index is 8.49. The highest BCUT2D eigenvalue weighted by Gasteiger charge is 1.99. The van der Waals surface area contributed by atoms with Crippen molar-refractivity contribution < 1.29 is 4.42 Å². The third kappa shape index (κ3) is 2.58. The molecule has 0 N–H and O–H groups in total. The summed E-state index contributed by atoms with van der Waals surface area (Å²) in [5, 5.41) is 8.49. The van der Waals surface area contributed by atoms with Gasteiger partial charge < -0.3 is 4.42 Å². The van der Waals surface area contributed by atoms with Crippen molar-refractivity contribution in [2.75, 3.05) is 0 Å². The normalized spacial score (nSPS) is 10.4. The van der Waals surface area contributed by atoms with Gasteiger partial charge in [0.15, 0.2) is 0 Å². The van der Waals surface area contributed by atoms with Gasteiger partial charge in [0, 0.05) is 6.08 Å². The molecule has 0 aliphatic rings. The predicted molar refractivity (Wildman–Crippen MR) is 61.2 cm³/mol. The Labute approximate surface area is 93.7 Å². The number of hydrogen-bond donors (Lipinski definition) is 0. The Morgan fingerprint density at radius 3 is 2.81 bits per heavy atom. The molecule has 0 fully saturated rings. The minimum Gasteiger partial charge on any atom is -0.445 e. The van der Waals surface area contributed by atoms with Crippen molar-refractivity contribution in [3.8, 4) is 6.07 Å². The SMILES string of the molecule is N#CCc1coc(C=Cc2ccccc2)n1. The molecule has 1 aromatic heterocycles. The van der Waals surface area contributed by atoms with Gasteiger partial charge in [0.25, 0.3) is 0 Å². The van der Waals surface area contributed by atoms with Crippen molar-refractivity contribution in [2.24, 2.45) is 0 Å². The molecule has 0 saturated carbocycles. The highest BCUT2D eigenvalue weighted by Crippen LogP contribution is 2.08. The molecule has 2 aromatic rings. The van der Waals surface area contributed by atoms with E-state index in [0.717, 1.165) is 5.56 Å². The molecule has 0 unspecified atom stereocenters. The minimum atomic E-state index is 0.280. The van der Waals surface area contributed by atoms with Gasteiger partial charge >= 0.3 is 0 Å². The van der Waals surface area contributed by atoms with E-state index in [-0.39, 0.29) is 6.42 Å². The zero-order valence-corrected chi connectivity index (χ0v) is 8.63. The van der Waals surface area contributed by atoms with Gasteiger partial charge in [-0.2, -0.15) is 5.26 Å². The monoisotopic (exact) mass is 210 g/mol. The van der Waals surface area contributed by atoms with Crippen molar-refractivity contribution >= 4 is 12.2 Å². The third-order valence-electron chi connectivity index (χ3n) is 2.05. The molecule has 16 heavy (non-hydrogen) atoms. The summed E-state index contributed by atoms with van der Waals surface area (Å²) in [7, 11) is 0. The molecular formula is C13H10N2O. The second-order valence-corrected chi connectivity index (χ2v) is 3.26. The molecule has 2 rings (SSSR count). The van der Waals surface area contributed by atoms with Crippen LogP contribution < -0.4 is 0 Å². The molecule has 0 aliphatic heterocycles. The van der Waals surface area contributed by atoms with Gasteiger partial charge in [-0.3, -0.25) is 0 Å². The first-order valence-corrected chi connectivity index (χ1v) is 4.93. The summed E-state index contributed by atoms with van der Waals surface area (Å²) in [6.45, 7) is 0. The Morgan fingerprint density at radius 1 is 1.25 bits per heavy atom. The Balaban J connectivity index is 2.09. The topological polar surface area (TPSA) is 49.8 Å². The first-order chi connectivity index (χ1) is 7.88. The maximum Gasteiger partial charge on any atom is 0.218 e. The lowest BCUT2D eigenvalue weighted by atomic mass is 10.2. The molecule has 3 nitrogen and oxygen atoms in total. The van der Waals surface area contributed by atoms with Gasteiger partial charge in [-0.1, -0.05) is 30.3 Å². The predicted octanol–water partition coefficient (Wildman–Crippen LogP) is 2.91. The third-order valence-corrected chi connectivity index (χ3v) is 2.05. The molecule has 0 amide bonds. The van der Waals surface area contributed by atoms with E-state index in [0.29, 0.717) is 11.6 Å². The second-order valence-electron chi connectivity index (χ2n) is 3.26. The van der Waals surface area contributed by atoms with Crippen LogP contribution in [-0.4, -0.2) is 4.98 Å².